The lowest BCUT2D eigenvalue weighted by Crippen LogP contribution is -1.92. The van der Waals surface area contributed by atoms with Crippen molar-refractivity contribution in [2.45, 2.75) is 13.8 Å². The summed E-state index contributed by atoms with van der Waals surface area (Å²) in [7, 11) is 0. The summed E-state index contributed by atoms with van der Waals surface area (Å²) < 4.78 is 2.33. The molecule has 21 heavy (non-hydrogen) atoms. The molecule has 1 heterocycles. The number of rotatable bonds is 1. The van der Waals surface area contributed by atoms with Crippen LogP contribution >= 0.6 is 0 Å². The van der Waals surface area contributed by atoms with Crippen LogP contribution < -0.4 is 0 Å². The number of nitrogens with zero attached hydrogens (tertiary/aromatic N) is 1. The van der Waals surface area contributed by atoms with Gasteiger partial charge in [0.1, 0.15) is 0 Å². The Morgan fingerprint density at radius 1 is 0.714 bits per heavy atom. The van der Waals surface area contributed by atoms with E-state index in [4.69, 9.17) is 0 Å². The number of aromatic nitrogens is 1. The van der Waals surface area contributed by atoms with Crippen molar-refractivity contribution in [3.8, 4) is 5.69 Å². The monoisotopic (exact) mass is 270 g/mol. The SMILES string of the molecule is Cc1ccc2c(c1)c1cc(C)ccc1n2-c1cc[c]cc1. The zero-order chi connectivity index (χ0) is 14.4. The lowest BCUT2D eigenvalue weighted by Gasteiger charge is -2.07. The zero-order valence-corrected chi connectivity index (χ0v) is 12.2. The number of fused-ring (bicyclic) bond motifs is 3. The maximum absolute atomic E-state index is 3.10. The van der Waals surface area contributed by atoms with Crippen molar-refractivity contribution in [1.82, 2.24) is 4.57 Å². The summed E-state index contributed by atoms with van der Waals surface area (Å²) >= 11 is 0. The topological polar surface area (TPSA) is 4.93 Å². The highest BCUT2D eigenvalue weighted by molar-refractivity contribution is 6.09. The standard InChI is InChI=1S/C20H16N/c1-14-8-10-19-17(12-14)18-13-15(2)9-11-20(18)21(19)16-6-4-3-5-7-16/h4-13H,1-2H3. The predicted octanol–water partition coefficient (Wildman–Crippen LogP) is 5.20. The van der Waals surface area contributed by atoms with E-state index in [0.29, 0.717) is 0 Å². The van der Waals surface area contributed by atoms with Crippen molar-refractivity contribution in [3.05, 3.63) is 77.9 Å². The van der Waals surface area contributed by atoms with E-state index < -0.39 is 0 Å². The molecule has 0 aliphatic rings. The smallest absolute Gasteiger partial charge is 0.0541 e. The summed E-state index contributed by atoms with van der Waals surface area (Å²) in [6, 6.07) is 24.6. The van der Waals surface area contributed by atoms with Gasteiger partial charge in [-0.15, -0.1) is 0 Å². The summed E-state index contributed by atoms with van der Waals surface area (Å²) in [5.74, 6) is 0. The van der Waals surface area contributed by atoms with Crippen LogP contribution in [0.5, 0.6) is 0 Å². The van der Waals surface area contributed by atoms with Crippen LogP contribution in [-0.2, 0) is 0 Å². The molecule has 1 aromatic heterocycles. The average Bonchev–Trinajstić information content (AvgIpc) is 2.81. The van der Waals surface area contributed by atoms with Crippen molar-refractivity contribution < 1.29 is 0 Å². The largest absolute Gasteiger partial charge is 0.309 e. The van der Waals surface area contributed by atoms with Crippen LogP contribution in [0.4, 0.5) is 0 Å². The molecule has 0 aliphatic carbocycles. The molecule has 0 N–H and O–H groups in total. The number of hydrogen-bond acceptors (Lipinski definition) is 0. The predicted molar refractivity (Wildman–Crippen MR) is 89.1 cm³/mol. The first kappa shape index (κ1) is 12.2. The molecule has 4 aromatic rings. The molecule has 0 bridgehead atoms. The van der Waals surface area contributed by atoms with E-state index >= 15 is 0 Å². The fourth-order valence-electron chi connectivity index (χ4n) is 3.06. The lowest BCUT2D eigenvalue weighted by atomic mass is 10.1. The third-order valence-electron chi connectivity index (χ3n) is 4.03. The molecule has 3 aromatic carbocycles. The molecule has 0 saturated heterocycles. The Morgan fingerprint density at radius 3 is 1.76 bits per heavy atom. The molecule has 0 atom stereocenters. The van der Waals surface area contributed by atoms with Gasteiger partial charge in [-0.05, 0) is 56.3 Å². The molecule has 0 aliphatic heterocycles. The molecule has 0 amide bonds. The maximum Gasteiger partial charge on any atom is 0.0541 e. The minimum absolute atomic E-state index is 1.18. The van der Waals surface area contributed by atoms with E-state index in [9.17, 15) is 0 Å². The van der Waals surface area contributed by atoms with Gasteiger partial charge in [0.2, 0.25) is 0 Å². The normalized spacial score (nSPS) is 11.3. The van der Waals surface area contributed by atoms with E-state index in [1.54, 1.807) is 0 Å². The third kappa shape index (κ3) is 1.85. The lowest BCUT2D eigenvalue weighted by molar-refractivity contribution is 1.18. The molecule has 1 radical (unpaired) electrons. The molecule has 1 heteroatoms. The van der Waals surface area contributed by atoms with Crippen molar-refractivity contribution >= 4 is 21.8 Å². The second kappa shape index (κ2) is 4.49. The summed E-state index contributed by atoms with van der Waals surface area (Å²) in [5, 5.41) is 2.64. The molecule has 1 nitrogen and oxygen atoms in total. The molecule has 4 rings (SSSR count). The van der Waals surface area contributed by atoms with Crippen molar-refractivity contribution in [2.24, 2.45) is 0 Å². The van der Waals surface area contributed by atoms with Gasteiger partial charge in [0.05, 0.1) is 11.0 Å². The van der Waals surface area contributed by atoms with Crippen molar-refractivity contribution in [1.29, 1.82) is 0 Å². The Kier molecular flexibility index (Phi) is 2.61. The molecule has 101 valence electrons. The van der Waals surface area contributed by atoms with Crippen LogP contribution in [0.25, 0.3) is 27.5 Å². The van der Waals surface area contributed by atoms with E-state index in [1.807, 2.05) is 12.1 Å². The van der Waals surface area contributed by atoms with Gasteiger partial charge >= 0.3 is 0 Å². The number of benzene rings is 3. The van der Waals surface area contributed by atoms with Gasteiger partial charge in [-0.25, -0.2) is 0 Å². The Morgan fingerprint density at radius 2 is 1.24 bits per heavy atom. The highest BCUT2D eigenvalue weighted by Crippen LogP contribution is 2.32. The van der Waals surface area contributed by atoms with Gasteiger partial charge in [-0.1, -0.05) is 35.4 Å². The molecular formula is C20H16N. The second-order valence-corrected chi connectivity index (χ2v) is 5.63. The van der Waals surface area contributed by atoms with Crippen LogP contribution in [0.1, 0.15) is 11.1 Å². The highest BCUT2D eigenvalue weighted by Gasteiger charge is 2.11. The van der Waals surface area contributed by atoms with Crippen molar-refractivity contribution in [2.75, 3.05) is 0 Å². The number of hydrogen-bond donors (Lipinski definition) is 0. The van der Waals surface area contributed by atoms with Gasteiger partial charge in [-0.3, -0.25) is 0 Å². The van der Waals surface area contributed by atoms with E-state index in [1.165, 1.54) is 38.6 Å². The van der Waals surface area contributed by atoms with E-state index in [-0.39, 0.29) is 0 Å². The molecule has 0 unspecified atom stereocenters. The minimum atomic E-state index is 1.18. The summed E-state index contributed by atoms with van der Waals surface area (Å²) in [5.41, 5.74) is 6.29. The second-order valence-electron chi connectivity index (χ2n) is 5.63. The Labute approximate surface area is 124 Å². The zero-order valence-electron chi connectivity index (χ0n) is 12.2. The maximum atomic E-state index is 3.10. The first-order valence-electron chi connectivity index (χ1n) is 7.22. The molecule has 0 saturated carbocycles. The summed E-state index contributed by atoms with van der Waals surface area (Å²) in [6.45, 7) is 4.30. The van der Waals surface area contributed by atoms with Crippen LogP contribution in [0, 0.1) is 19.9 Å². The van der Waals surface area contributed by atoms with Crippen LogP contribution in [0.2, 0.25) is 0 Å². The quantitative estimate of drug-likeness (QED) is 0.448. The Hall–Kier alpha value is -2.54. The van der Waals surface area contributed by atoms with Crippen molar-refractivity contribution in [3.63, 3.8) is 0 Å². The molecular weight excluding hydrogens is 254 g/mol. The molecule has 0 spiro atoms. The average molecular weight is 270 g/mol. The van der Waals surface area contributed by atoms with Gasteiger partial charge in [0, 0.05) is 16.5 Å². The van der Waals surface area contributed by atoms with Gasteiger partial charge in [0.15, 0.2) is 0 Å². The fraction of sp³-hybridized carbons (Fsp3) is 0.100. The minimum Gasteiger partial charge on any atom is -0.309 e. The summed E-state index contributed by atoms with van der Waals surface area (Å²) in [4.78, 5) is 0. The first-order chi connectivity index (χ1) is 10.2. The first-order valence-corrected chi connectivity index (χ1v) is 7.22. The van der Waals surface area contributed by atoms with Crippen LogP contribution in [-0.4, -0.2) is 4.57 Å². The van der Waals surface area contributed by atoms with Crippen LogP contribution in [0.15, 0.2) is 60.7 Å². The number of aryl methyl sites for hydroxylation is 2. The van der Waals surface area contributed by atoms with Gasteiger partial charge in [-0.2, -0.15) is 0 Å². The van der Waals surface area contributed by atoms with Gasteiger partial charge < -0.3 is 4.57 Å². The highest BCUT2D eigenvalue weighted by atomic mass is 15.0. The molecule has 0 fully saturated rings. The Bertz CT molecular complexity index is 887. The van der Waals surface area contributed by atoms with E-state index in [0.717, 1.165) is 0 Å². The van der Waals surface area contributed by atoms with Gasteiger partial charge in [0.25, 0.3) is 0 Å². The van der Waals surface area contributed by atoms with E-state index in [2.05, 4.69) is 73.0 Å². The van der Waals surface area contributed by atoms with Crippen LogP contribution in [0.3, 0.4) is 0 Å². The summed E-state index contributed by atoms with van der Waals surface area (Å²) in [6.07, 6.45) is 0. The fourth-order valence-corrected chi connectivity index (χ4v) is 3.06. The third-order valence-corrected chi connectivity index (χ3v) is 4.03. The Balaban J connectivity index is 2.22.